The molecule has 7 nitrogen and oxygen atoms in total. The first-order chi connectivity index (χ1) is 17.1. The topological polar surface area (TPSA) is 83.0 Å². The summed E-state index contributed by atoms with van der Waals surface area (Å²) in [5.41, 5.74) is 4.90. The van der Waals surface area contributed by atoms with Crippen LogP contribution in [0, 0.1) is 35.9 Å². The molecule has 35 heavy (non-hydrogen) atoms. The smallest absolute Gasteiger partial charge is 0.257 e. The Labute approximate surface area is 200 Å². The van der Waals surface area contributed by atoms with Gasteiger partial charge in [0.1, 0.15) is 29.2 Å². The van der Waals surface area contributed by atoms with E-state index in [9.17, 15) is 4.39 Å². The second-order valence-electron chi connectivity index (χ2n) is 8.33. The van der Waals surface area contributed by atoms with Gasteiger partial charge in [-0.25, -0.2) is 9.37 Å². The summed E-state index contributed by atoms with van der Waals surface area (Å²) < 4.78 is 16.2. The maximum atomic E-state index is 14.4. The van der Waals surface area contributed by atoms with E-state index >= 15 is 0 Å². The van der Waals surface area contributed by atoms with Crippen LogP contribution >= 0.6 is 0 Å². The van der Waals surface area contributed by atoms with Crippen molar-refractivity contribution >= 4 is 28.2 Å². The van der Waals surface area contributed by atoms with E-state index in [0.29, 0.717) is 28.5 Å². The number of pyridine rings is 1. The van der Waals surface area contributed by atoms with E-state index in [0.717, 1.165) is 47.3 Å². The third-order valence-electron chi connectivity index (χ3n) is 6.18. The van der Waals surface area contributed by atoms with E-state index in [1.54, 1.807) is 24.4 Å². The molecule has 0 saturated heterocycles. The number of rotatable bonds is 1. The molecular formula is C27H18FN7. The molecule has 4 heterocycles. The lowest BCUT2D eigenvalue weighted by molar-refractivity contribution is 0.629. The van der Waals surface area contributed by atoms with Crippen molar-refractivity contribution in [2.24, 2.45) is 0 Å². The maximum absolute atomic E-state index is 14.4. The minimum atomic E-state index is -0.323. The number of aromatic nitrogens is 5. The second-order valence-corrected chi connectivity index (χ2v) is 8.33. The predicted molar refractivity (Wildman–Crippen MR) is 130 cm³/mol. The van der Waals surface area contributed by atoms with Gasteiger partial charge in [-0.15, -0.1) is 10.2 Å². The lowest BCUT2D eigenvalue weighted by Gasteiger charge is -2.32. The Morgan fingerprint density at radius 1 is 1.06 bits per heavy atom. The summed E-state index contributed by atoms with van der Waals surface area (Å²) in [6.07, 6.45) is 3.35. The van der Waals surface area contributed by atoms with Crippen molar-refractivity contribution in [2.45, 2.75) is 19.8 Å². The zero-order valence-corrected chi connectivity index (χ0v) is 18.8. The van der Waals surface area contributed by atoms with Crippen molar-refractivity contribution in [3.05, 3.63) is 88.8 Å². The first-order valence-electron chi connectivity index (χ1n) is 11.2. The number of halogens is 1. The average molecular weight is 459 g/mol. The van der Waals surface area contributed by atoms with Crippen molar-refractivity contribution in [3.8, 4) is 17.9 Å². The van der Waals surface area contributed by atoms with E-state index in [1.807, 2.05) is 35.6 Å². The summed E-state index contributed by atoms with van der Waals surface area (Å²) in [5, 5.41) is 18.2. The van der Waals surface area contributed by atoms with Gasteiger partial charge >= 0.3 is 0 Å². The molecule has 2 aromatic carbocycles. The van der Waals surface area contributed by atoms with Crippen molar-refractivity contribution in [2.75, 3.05) is 11.4 Å². The average Bonchev–Trinajstić information content (AvgIpc) is 3.27. The number of hydrogen-bond donors (Lipinski definition) is 0. The molecular weight excluding hydrogens is 441 g/mol. The number of benzene rings is 2. The van der Waals surface area contributed by atoms with Crippen molar-refractivity contribution in [1.29, 1.82) is 5.26 Å². The van der Waals surface area contributed by atoms with Crippen LogP contribution in [0.4, 0.5) is 15.9 Å². The summed E-state index contributed by atoms with van der Waals surface area (Å²) in [6.45, 7) is 2.59. The molecule has 8 heteroatoms. The Bertz CT molecular complexity index is 1740. The molecule has 0 saturated carbocycles. The zero-order valence-electron chi connectivity index (χ0n) is 18.8. The fraction of sp³-hybridized carbons (Fsp3) is 0.148. The number of hydrogen-bond acceptors (Lipinski definition) is 6. The summed E-state index contributed by atoms with van der Waals surface area (Å²) >= 11 is 0. The monoisotopic (exact) mass is 459 g/mol. The molecule has 0 radical (unpaired) electrons. The third-order valence-corrected chi connectivity index (χ3v) is 6.18. The van der Waals surface area contributed by atoms with E-state index in [4.69, 9.17) is 10.2 Å². The van der Waals surface area contributed by atoms with Crippen LogP contribution in [0.5, 0.6) is 0 Å². The van der Waals surface area contributed by atoms with Crippen LogP contribution in [0.25, 0.3) is 16.7 Å². The third kappa shape index (κ3) is 3.53. The number of nitrogens with zero attached hydrogens (tertiary/aromatic N) is 7. The maximum Gasteiger partial charge on any atom is 0.257 e. The molecule has 6 rings (SSSR count). The van der Waals surface area contributed by atoms with Crippen LogP contribution in [0.1, 0.15) is 34.6 Å². The minimum Gasteiger partial charge on any atom is -0.325 e. The molecule has 1 aliphatic heterocycles. The molecule has 3 aromatic heterocycles. The molecule has 1 aliphatic rings. The van der Waals surface area contributed by atoms with Gasteiger partial charge in [-0.1, -0.05) is 17.9 Å². The fourth-order valence-corrected chi connectivity index (χ4v) is 4.62. The Morgan fingerprint density at radius 2 is 1.97 bits per heavy atom. The Kier molecular flexibility index (Phi) is 4.86. The van der Waals surface area contributed by atoms with Gasteiger partial charge in [0.15, 0.2) is 0 Å². The number of aryl methyl sites for hydroxylation is 1. The van der Waals surface area contributed by atoms with Crippen molar-refractivity contribution in [3.63, 3.8) is 0 Å². The van der Waals surface area contributed by atoms with Gasteiger partial charge in [0.2, 0.25) is 0 Å². The van der Waals surface area contributed by atoms with Crippen LogP contribution in [-0.4, -0.2) is 31.1 Å². The Hall–Kier alpha value is -4.82. The van der Waals surface area contributed by atoms with E-state index in [-0.39, 0.29) is 5.82 Å². The fourth-order valence-electron chi connectivity index (χ4n) is 4.62. The first kappa shape index (κ1) is 20.8. The van der Waals surface area contributed by atoms with Crippen LogP contribution < -0.4 is 4.90 Å². The van der Waals surface area contributed by atoms with Gasteiger partial charge in [0.25, 0.3) is 5.78 Å². The highest BCUT2D eigenvalue weighted by Gasteiger charge is 2.24. The second kappa shape index (κ2) is 8.19. The van der Waals surface area contributed by atoms with Crippen molar-refractivity contribution < 1.29 is 4.39 Å². The number of fused-ring (bicyclic) bond motifs is 4. The van der Waals surface area contributed by atoms with Gasteiger partial charge in [0.05, 0.1) is 5.52 Å². The quantitative estimate of drug-likeness (QED) is 0.344. The van der Waals surface area contributed by atoms with Gasteiger partial charge in [0, 0.05) is 34.9 Å². The Morgan fingerprint density at radius 3 is 2.86 bits per heavy atom. The molecule has 5 aromatic rings. The normalized spacial score (nSPS) is 12.8. The molecule has 0 aliphatic carbocycles. The van der Waals surface area contributed by atoms with Gasteiger partial charge in [-0.2, -0.15) is 10.2 Å². The van der Waals surface area contributed by atoms with E-state index in [1.165, 1.54) is 12.1 Å². The summed E-state index contributed by atoms with van der Waals surface area (Å²) in [6, 6.07) is 16.2. The van der Waals surface area contributed by atoms with E-state index < -0.39 is 0 Å². The van der Waals surface area contributed by atoms with Crippen LogP contribution in [0.3, 0.4) is 0 Å². The van der Waals surface area contributed by atoms with Gasteiger partial charge in [-0.3, -0.25) is 4.40 Å². The molecule has 0 atom stereocenters. The van der Waals surface area contributed by atoms with Gasteiger partial charge in [-0.05, 0) is 67.8 Å². The number of nitriles is 1. The highest BCUT2D eigenvalue weighted by Crippen LogP contribution is 2.38. The summed E-state index contributed by atoms with van der Waals surface area (Å²) in [7, 11) is 0. The molecule has 0 spiro atoms. The molecule has 168 valence electrons. The highest BCUT2D eigenvalue weighted by molar-refractivity contribution is 5.94. The minimum absolute atomic E-state index is 0.323. The molecule has 0 N–H and O–H groups in total. The molecule has 0 amide bonds. The van der Waals surface area contributed by atoms with Crippen molar-refractivity contribution in [1.82, 2.24) is 24.6 Å². The first-order valence-corrected chi connectivity index (χ1v) is 11.2. The summed E-state index contributed by atoms with van der Waals surface area (Å²) in [4.78, 5) is 10.9. The Balaban J connectivity index is 1.50. The van der Waals surface area contributed by atoms with Gasteiger partial charge < -0.3 is 4.90 Å². The zero-order chi connectivity index (χ0) is 23.9. The highest BCUT2D eigenvalue weighted by atomic mass is 19.1. The number of anilines is 2. The molecule has 0 fully saturated rings. The SMILES string of the molecule is Cc1nnc2nc(N3CCCc4c(C#Cc5ccnc(C#N)c5)cccc43)c3cc(F)ccc3n12. The van der Waals surface area contributed by atoms with Crippen LogP contribution in [-0.2, 0) is 6.42 Å². The molecule has 0 unspecified atom stereocenters. The largest absolute Gasteiger partial charge is 0.325 e. The van der Waals surface area contributed by atoms with Crippen LogP contribution in [0.2, 0.25) is 0 Å². The lowest BCUT2D eigenvalue weighted by atomic mass is 9.96. The van der Waals surface area contributed by atoms with Crippen LogP contribution in [0.15, 0.2) is 54.7 Å². The lowest BCUT2D eigenvalue weighted by Crippen LogP contribution is -2.26. The molecule has 0 bridgehead atoms. The predicted octanol–water partition coefficient (Wildman–Crippen LogP) is 4.48. The summed E-state index contributed by atoms with van der Waals surface area (Å²) in [5.74, 6) is 7.93. The van der Waals surface area contributed by atoms with E-state index in [2.05, 4.69) is 31.9 Å². The standard InChI is InChI=1S/C27H18FN7/c1-17-32-33-27-31-26(23-15-20(28)9-10-25(23)35(17)27)34-13-3-5-22-19(4-2-6-24(22)34)8-7-18-11-12-30-21(14-18)16-29/h2,4,6,9-12,14-15H,3,5,13H2,1H3.